The zero-order valence-electron chi connectivity index (χ0n) is 17.5. The van der Waals surface area contributed by atoms with Crippen molar-refractivity contribution in [2.24, 2.45) is 0 Å². The number of aromatic nitrogens is 1. The molecule has 1 atom stereocenters. The molecule has 2 aliphatic rings. The van der Waals surface area contributed by atoms with E-state index in [4.69, 9.17) is 4.74 Å². The Morgan fingerprint density at radius 3 is 2.69 bits per heavy atom. The van der Waals surface area contributed by atoms with E-state index in [0.717, 1.165) is 24.1 Å². The van der Waals surface area contributed by atoms with Gasteiger partial charge in [0, 0.05) is 25.7 Å². The summed E-state index contributed by atoms with van der Waals surface area (Å²) in [5, 5.41) is 0. The molecule has 2 aliphatic heterocycles. The summed E-state index contributed by atoms with van der Waals surface area (Å²) in [4.78, 5) is 32.1. The topological polar surface area (TPSA) is 62.7 Å². The molecule has 0 bridgehead atoms. The molecule has 0 aliphatic carbocycles. The molecule has 0 saturated carbocycles. The maximum Gasteiger partial charge on any atom is 0.416 e. The van der Waals surface area contributed by atoms with Crippen molar-refractivity contribution in [3.63, 3.8) is 0 Å². The first-order valence-electron chi connectivity index (χ1n) is 10.6. The zero-order chi connectivity index (χ0) is 22.7. The van der Waals surface area contributed by atoms with E-state index >= 15 is 0 Å². The number of halogens is 3. The molecule has 2 fully saturated rings. The minimum absolute atomic E-state index is 0.0150. The molecule has 2 saturated heterocycles. The second kappa shape index (κ2) is 9.28. The van der Waals surface area contributed by atoms with Crippen LogP contribution < -0.4 is 0 Å². The Kier molecular flexibility index (Phi) is 6.45. The normalized spacial score (nSPS) is 19.5. The highest BCUT2D eigenvalue weighted by atomic mass is 19.4. The van der Waals surface area contributed by atoms with Gasteiger partial charge in [-0.15, -0.1) is 0 Å². The summed E-state index contributed by atoms with van der Waals surface area (Å²) in [6, 6.07) is 8.85. The number of alkyl halides is 3. The van der Waals surface area contributed by atoms with Gasteiger partial charge in [0.1, 0.15) is 6.10 Å². The maximum atomic E-state index is 12.9. The van der Waals surface area contributed by atoms with E-state index in [1.165, 1.54) is 6.07 Å². The van der Waals surface area contributed by atoms with Crippen LogP contribution in [0.25, 0.3) is 0 Å². The molecule has 3 heterocycles. The lowest BCUT2D eigenvalue weighted by molar-refractivity contribution is -0.143. The lowest BCUT2D eigenvalue weighted by atomic mass is 10.0. The number of amides is 2. The van der Waals surface area contributed by atoms with Gasteiger partial charge in [0.2, 0.25) is 11.8 Å². The van der Waals surface area contributed by atoms with Gasteiger partial charge < -0.3 is 14.5 Å². The first-order chi connectivity index (χ1) is 15.3. The smallest absolute Gasteiger partial charge is 0.368 e. The van der Waals surface area contributed by atoms with Gasteiger partial charge in [0.25, 0.3) is 0 Å². The standard InChI is InChI=1S/C23H24F3N3O3/c24-23(25,26)18-4-1-3-16(12-18)11-17-6-7-19(27-13-17)20-14-29(9-10-32-20)22(31)15-28-8-2-5-21(28)30/h1,3-4,6-7,12-13,20H,2,5,8-11,14-15H2/t20-/m0/s1. The quantitative estimate of drug-likeness (QED) is 0.706. The van der Waals surface area contributed by atoms with Crippen molar-refractivity contribution in [2.75, 3.05) is 32.8 Å². The number of carbonyl (C=O) groups excluding carboxylic acids is 2. The van der Waals surface area contributed by atoms with Crippen LogP contribution in [0.4, 0.5) is 13.2 Å². The Balaban J connectivity index is 1.37. The molecule has 2 aromatic rings. The molecular formula is C23H24F3N3O3. The van der Waals surface area contributed by atoms with Crippen LogP contribution in [0.1, 0.15) is 41.3 Å². The van der Waals surface area contributed by atoms with Gasteiger partial charge in [-0.05, 0) is 36.1 Å². The number of hydrogen-bond acceptors (Lipinski definition) is 4. The number of likely N-dealkylation sites (tertiary alicyclic amines) is 1. The molecule has 0 radical (unpaired) electrons. The summed E-state index contributed by atoms with van der Waals surface area (Å²) in [5.74, 6) is -0.0871. The van der Waals surface area contributed by atoms with Gasteiger partial charge in [-0.1, -0.05) is 24.3 Å². The molecule has 9 heteroatoms. The molecule has 4 rings (SSSR count). The lowest BCUT2D eigenvalue weighted by Gasteiger charge is -2.33. The highest BCUT2D eigenvalue weighted by Crippen LogP contribution is 2.30. The molecule has 6 nitrogen and oxygen atoms in total. The number of ether oxygens (including phenoxy) is 1. The van der Waals surface area contributed by atoms with Crippen LogP contribution in [0.15, 0.2) is 42.6 Å². The van der Waals surface area contributed by atoms with Crippen molar-refractivity contribution in [1.82, 2.24) is 14.8 Å². The first kappa shape index (κ1) is 22.3. The number of morpholine rings is 1. The second-order valence-electron chi connectivity index (χ2n) is 8.08. The monoisotopic (exact) mass is 447 g/mol. The Morgan fingerprint density at radius 1 is 1.16 bits per heavy atom. The van der Waals surface area contributed by atoms with E-state index in [9.17, 15) is 22.8 Å². The largest absolute Gasteiger partial charge is 0.416 e. The summed E-state index contributed by atoms with van der Waals surface area (Å²) in [6.45, 7) is 1.89. The van der Waals surface area contributed by atoms with Gasteiger partial charge in [0.15, 0.2) is 0 Å². The van der Waals surface area contributed by atoms with Crippen molar-refractivity contribution in [1.29, 1.82) is 0 Å². The van der Waals surface area contributed by atoms with E-state index in [1.807, 2.05) is 6.07 Å². The van der Waals surface area contributed by atoms with Crippen molar-refractivity contribution in [3.8, 4) is 0 Å². The van der Waals surface area contributed by atoms with Crippen LogP contribution in [0.3, 0.4) is 0 Å². The number of pyridine rings is 1. The SMILES string of the molecule is O=C1CCCN1CC(=O)N1CCO[C@H](c2ccc(Cc3cccc(C(F)(F)F)c3)cn2)C1. The lowest BCUT2D eigenvalue weighted by Crippen LogP contribution is -2.47. The highest BCUT2D eigenvalue weighted by molar-refractivity contribution is 5.86. The number of benzene rings is 1. The second-order valence-corrected chi connectivity index (χ2v) is 8.08. The van der Waals surface area contributed by atoms with Crippen molar-refractivity contribution >= 4 is 11.8 Å². The van der Waals surface area contributed by atoms with Crippen LogP contribution in [0.5, 0.6) is 0 Å². The third-order valence-corrected chi connectivity index (χ3v) is 5.76. The van der Waals surface area contributed by atoms with E-state index in [0.29, 0.717) is 50.3 Å². The molecule has 0 unspecified atom stereocenters. The van der Waals surface area contributed by atoms with Gasteiger partial charge in [-0.25, -0.2) is 0 Å². The van der Waals surface area contributed by atoms with E-state index < -0.39 is 11.7 Å². The van der Waals surface area contributed by atoms with Crippen LogP contribution in [0.2, 0.25) is 0 Å². The van der Waals surface area contributed by atoms with Crippen molar-refractivity contribution in [3.05, 3.63) is 65.0 Å². The molecule has 0 spiro atoms. The molecule has 1 aromatic heterocycles. The van der Waals surface area contributed by atoms with Crippen LogP contribution >= 0.6 is 0 Å². The number of rotatable bonds is 5. The fraction of sp³-hybridized carbons (Fsp3) is 0.435. The summed E-state index contributed by atoms with van der Waals surface area (Å²) >= 11 is 0. The van der Waals surface area contributed by atoms with Gasteiger partial charge >= 0.3 is 6.18 Å². The Bertz CT molecular complexity index is 978. The van der Waals surface area contributed by atoms with E-state index in [1.54, 1.807) is 28.1 Å². The highest BCUT2D eigenvalue weighted by Gasteiger charge is 2.31. The molecule has 2 amide bonds. The molecule has 32 heavy (non-hydrogen) atoms. The average Bonchev–Trinajstić information content (AvgIpc) is 3.18. The Hall–Kier alpha value is -2.94. The maximum absolute atomic E-state index is 12.9. The minimum atomic E-state index is -4.37. The van der Waals surface area contributed by atoms with E-state index in [2.05, 4.69) is 4.98 Å². The third-order valence-electron chi connectivity index (χ3n) is 5.76. The van der Waals surface area contributed by atoms with Gasteiger partial charge in [0.05, 0.1) is 31.0 Å². The Labute approximate surface area is 184 Å². The molecule has 0 N–H and O–H groups in total. The predicted octanol–water partition coefficient (Wildman–Crippen LogP) is 3.21. The van der Waals surface area contributed by atoms with Gasteiger partial charge in [-0.2, -0.15) is 13.2 Å². The Morgan fingerprint density at radius 2 is 2.00 bits per heavy atom. The predicted molar refractivity (Wildman–Crippen MR) is 110 cm³/mol. The van der Waals surface area contributed by atoms with Crippen LogP contribution in [-0.2, 0) is 26.9 Å². The minimum Gasteiger partial charge on any atom is -0.368 e. The molecule has 1 aromatic carbocycles. The zero-order valence-corrected chi connectivity index (χ0v) is 17.5. The fourth-order valence-corrected chi connectivity index (χ4v) is 4.01. The average molecular weight is 447 g/mol. The van der Waals surface area contributed by atoms with Crippen LogP contribution in [0, 0.1) is 0 Å². The summed E-state index contributed by atoms with van der Waals surface area (Å²) in [5.41, 5.74) is 1.32. The number of carbonyl (C=O) groups is 2. The summed E-state index contributed by atoms with van der Waals surface area (Å²) in [7, 11) is 0. The summed E-state index contributed by atoms with van der Waals surface area (Å²) < 4.78 is 44.5. The molecular weight excluding hydrogens is 423 g/mol. The summed E-state index contributed by atoms with van der Waals surface area (Å²) in [6.07, 6.45) is -1.52. The number of nitrogens with zero attached hydrogens (tertiary/aromatic N) is 3. The number of hydrogen-bond donors (Lipinski definition) is 0. The van der Waals surface area contributed by atoms with Crippen molar-refractivity contribution in [2.45, 2.75) is 31.5 Å². The third kappa shape index (κ3) is 5.27. The molecule has 170 valence electrons. The van der Waals surface area contributed by atoms with E-state index in [-0.39, 0.29) is 24.5 Å². The van der Waals surface area contributed by atoms with Crippen LogP contribution in [-0.4, -0.2) is 59.4 Å². The van der Waals surface area contributed by atoms with Gasteiger partial charge in [-0.3, -0.25) is 14.6 Å². The fourth-order valence-electron chi connectivity index (χ4n) is 4.01. The first-order valence-corrected chi connectivity index (χ1v) is 10.6. The van der Waals surface area contributed by atoms with Crippen molar-refractivity contribution < 1.29 is 27.5 Å².